The highest BCUT2D eigenvalue weighted by Crippen LogP contribution is 1.88. The van der Waals surface area contributed by atoms with Gasteiger partial charge in [0.25, 0.3) is 0 Å². The Labute approximate surface area is 47.4 Å². The van der Waals surface area contributed by atoms with E-state index in [1.54, 1.807) is 6.92 Å². The Morgan fingerprint density at radius 1 is 1.75 bits per heavy atom. The van der Waals surface area contributed by atoms with Crippen molar-refractivity contribution < 1.29 is 4.79 Å². The molecule has 0 bridgehead atoms. The molecular formula is C5H7NO2. The number of carbonyl (C=O) groups is 1. The molecule has 0 saturated carbocycles. The molecule has 0 spiro atoms. The van der Waals surface area contributed by atoms with E-state index < -0.39 is 0 Å². The molecular weight excluding hydrogens is 106 g/mol. The summed E-state index contributed by atoms with van der Waals surface area (Å²) in [6.07, 6.45) is 1.96. The van der Waals surface area contributed by atoms with Crippen LogP contribution in [0.15, 0.2) is 16.8 Å². The van der Waals surface area contributed by atoms with Crippen LogP contribution in [0.3, 0.4) is 0 Å². The molecule has 8 heavy (non-hydrogen) atoms. The lowest BCUT2D eigenvalue weighted by Gasteiger charge is -1.83. The normalized spacial score (nSPS) is 10.9. The van der Waals surface area contributed by atoms with Gasteiger partial charge in [0.05, 0.1) is 0 Å². The lowest BCUT2D eigenvalue weighted by atomic mass is 10.3. The smallest absolute Gasteiger partial charge is 0.142 e. The monoisotopic (exact) mass is 113 g/mol. The third kappa shape index (κ3) is 3.21. The first-order valence-corrected chi connectivity index (χ1v) is 2.21. The van der Waals surface area contributed by atoms with Gasteiger partial charge >= 0.3 is 0 Å². The quantitative estimate of drug-likeness (QED) is 0.310. The van der Waals surface area contributed by atoms with Crippen molar-refractivity contribution in [2.45, 2.75) is 6.92 Å². The first kappa shape index (κ1) is 7.01. The van der Waals surface area contributed by atoms with E-state index in [-0.39, 0.29) is 6.54 Å². The van der Waals surface area contributed by atoms with Gasteiger partial charge < -0.3 is 0 Å². The van der Waals surface area contributed by atoms with Crippen molar-refractivity contribution in [1.29, 1.82) is 0 Å². The highest BCUT2D eigenvalue weighted by atomic mass is 16.3. The van der Waals surface area contributed by atoms with Gasteiger partial charge in [-0.05, 0) is 18.6 Å². The molecule has 0 saturated heterocycles. The molecule has 0 heterocycles. The van der Waals surface area contributed by atoms with Crippen LogP contribution in [0.4, 0.5) is 0 Å². The third-order valence-corrected chi connectivity index (χ3v) is 0.667. The Kier molecular flexibility index (Phi) is 3.66. The van der Waals surface area contributed by atoms with Gasteiger partial charge in [-0.3, -0.25) is 4.79 Å². The molecule has 0 aromatic heterocycles. The average molecular weight is 113 g/mol. The van der Waals surface area contributed by atoms with Crippen molar-refractivity contribution in [1.82, 2.24) is 0 Å². The minimum atomic E-state index is 0.110. The molecule has 3 heteroatoms. The fourth-order valence-electron chi connectivity index (χ4n) is 0.271. The number of hydrogen-bond donors (Lipinski definition) is 0. The van der Waals surface area contributed by atoms with Gasteiger partial charge in [-0.1, -0.05) is 5.18 Å². The van der Waals surface area contributed by atoms with Crippen LogP contribution in [0, 0.1) is 4.91 Å². The van der Waals surface area contributed by atoms with Gasteiger partial charge in [0.2, 0.25) is 0 Å². The van der Waals surface area contributed by atoms with Gasteiger partial charge in [0, 0.05) is 0 Å². The van der Waals surface area contributed by atoms with Crippen molar-refractivity contribution in [2.75, 3.05) is 6.54 Å². The predicted molar refractivity (Wildman–Crippen MR) is 30.5 cm³/mol. The molecule has 0 aromatic rings. The number of allylic oxidation sites excluding steroid dienone is 1. The van der Waals surface area contributed by atoms with E-state index in [0.717, 1.165) is 0 Å². The standard InChI is InChI=1S/C5H7NO2/c1-5(2-3-7)4-6-8/h2-3H,4H2,1H3. The highest BCUT2D eigenvalue weighted by Gasteiger charge is 1.83. The zero-order valence-electron chi connectivity index (χ0n) is 4.63. The fraction of sp³-hybridized carbons (Fsp3) is 0.400. The first-order chi connectivity index (χ1) is 3.81. The molecule has 0 atom stereocenters. The molecule has 0 unspecified atom stereocenters. The van der Waals surface area contributed by atoms with Gasteiger partial charge in [-0.15, -0.1) is 0 Å². The summed E-state index contributed by atoms with van der Waals surface area (Å²) in [6, 6.07) is 0. The van der Waals surface area contributed by atoms with Crippen LogP contribution in [0.2, 0.25) is 0 Å². The number of aldehydes is 1. The van der Waals surface area contributed by atoms with E-state index in [1.165, 1.54) is 6.08 Å². The Morgan fingerprint density at radius 2 is 2.38 bits per heavy atom. The van der Waals surface area contributed by atoms with Crippen LogP contribution in [-0.4, -0.2) is 12.8 Å². The second kappa shape index (κ2) is 4.18. The summed E-state index contributed by atoms with van der Waals surface area (Å²) in [5.41, 5.74) is 0.690. The summed E-state index contributed by atoms with van der Waals surface area (Å²) in [7, 11) is 0. The second-order valence-corrected chi connectivity index (χ2v) is 1.44. The largest absolute Gasteiger partial charge is 0.299 e. The van der Waals surface area contributed by atoms with E-state index in [9.17, 15) is 9.70 Å². The van der Waals surface area contributed by atoms with Crippen LogP contribution >= 0.6 is 0 Å². The Hall–Kier alpha value is -0.990. The van der Waals surface area contributed by atoms with E-state index >= 15 is 0 Å². The summed E-state index contributed by atoms with van der Waals surface area (Å²) in [4.78, 5) is 19.2. The molecule has 44 valence electrons. The van der Waals surface area contributed by atoms with E-state index in [0.29, 0.717) is 11.9 Å². The van der Waals surface area contributed by atoms with Crippen molar-refractivity contribution in [3.63, 3.8) is 0 Å². The van der Waals surface area contributed by atoms with Crippen LogP contribution in [0.1, 0.15) is 6.92 Å². The van der Waals surface area contributed by atoms with Crippen molar-refractivity contribution in [3.8, 4) is 0 Å². The molecule has 0 N–H and O–H groups in total. The van der Waals surface area contributed by atoms with Gasteiger partial charge in [0.1, 0.15) is 12.8 Å². The molecule has 0 radical (unpaired) electrons. The molecule has 3 nitrogen and oxygen atoms in total. The molecule has 0 rings (SSSR count). The van der Waals surface area contributed by atoms with Crippen molar-refractivity contribution in [2.24, 2.45) is 5.18 Å². The van der Waals surface area contributed by atoms with Crippen molar-refractivity contribution in [3.05, 3.63) is 16.6 Å². The minimum Gasteiger partial charge on any atom is -0.299 e. The number of nitroso groups, excluding NO2 is 1. The topological polar surface area (TPSA) is 46.5 Å². The summed E-state index contributed by atoms with van der Waals surface area (Å²) in [5.74, 6) is 0. The average Bonchev–Trinajstić information content (AvgIpc) is 1.68. The zero-order valence-corrected chi connectivity index (χ0v) is 4.63. The first-order valence-electron chi connectivity index (χ1n) is 2.21. The lowest BCUT2D eigenvalue weighted by molar-refractivity contribution is -0.104. The third-order valence-electron chi connectivity index (χ3n) is 0.667. The fourth-order valence-corrected chi connectivity index (χ4v) is 0.271. The van der Waals surface area contributed by atoms with Crippen LogP contribution in [0.25, 0.3) is 0 Å². The van der Waals surface area contributed by atoms with Crippen LogP contribution in [0.5, 0.6) is 0 Å². The summed E-state index contributed by atoms with van der Waals surface area (Å²) >= 11 is 0. The Balaban J connectivity index is 3.60. The summed E-state index contributed by atoms with van der Waals surface area (Å²) in [6.45, 7) is 1.79. The SMILES string of the molecule is CC(=CC=O)CN=O. The van der Waals surface area contributed by atoms with Crippen LogP contribution < -0.4 is 0 Å². The summed E-state index contributed by atoms with van der Waals surface area (Å²) < 4.78 is 0. The summed E-state index contributed by atoms with van der Waals surface area (Å²) in [5, 5.41) is 2.58. The highest BCUT2D eigenvalue weighted by molar-refractivity contribution is 5.65. The number of carbonyl (C=O) groups excluding carboxylic acids is 1. The van der Waals surface area contributed by atoms with Crippen molar-refractivity contribution >= 4 is 6.29 Å². The predicted octanol–water partition coefficient (Wildman–Crippen LogP) is 0.898. The van der Waals surface area contributed by atoms with Crippen LogP contribution in [-0.2, 0) is 4.79 Å². The van der Waals surface area contributed by atoms with Gasteiger partial charge in [-0.2, -0.15) is 4.91 Å². The maximum atomic E-state index is 9.67. The maximum Gasteiger partial charge on any atom is 0.142 e. The van der Waals surface area contributed by atoms with Gasteiger partial charge in [0.15, 0.2) is 0 Å². The molecule has 0 fully saturated rings. The number of rotatable bonds is 3. The molecule has 0 amide bonds. The van der Waals surface area contributed by atoms with E-state index in [4.69, 9.17) is 0 Å². The molecule has 0 aliphatic carbocycles. The van der Waals surface area contributed by atoms with E-state index in [1.807, 2.05) is 0 Å². The Bertz CT molecular complexity index is 118. The van der Waals surface area contributed by atoms with E-state index in [2.05, 4.69) is 5.18 Å². The van der Waals surface area contributed by atoms with Gasteiger partial charge in [-0.25, -0.2) is 0 Å². The lowest BCUT2D eigenvalue weighted by Crippen LogP contribution is -1.80. The second-order valence-electron chi connectivity index (χ2n) is 1.44. The number of nitrogens with zero attached hydrogens (tertiary/aromatic N) is 1. The molecule has 0 aromatic carbocycles. The zero-order chi connectivity index (χ0) is 6.41. The molecule has 0 aliphatic rings. The Morgan fingerprint density at radius 3 is 2.75 bits per heavy atom. The minimum absolute atomic E-state index is 0.110. The number of hydrogen-bond acceptors (Lipinski definition) is 3. The maximum absolute atomic E-state index is 9.67. The molecule has 0 aliphatic heterocycles.